The minimum absolute atomic E-state index is 0. The molecule has 0 radical (unpaired) electrons. The van der Waals surface area contributed by atoms with Crippen molar-refractivity contribution in [3.05, 3.63) is 13.8 Å². The van der Waals surface area contributed by atoms with Gasteiger partial charge in [0, 0.05) is 0 Å². The van der Waals surface area contributed by atoms with Crippen LogP contribution in [0.2, 0.25) is 0 Å². The second-order valence-electron chi connectivity index (χ2n) is 0.354. The molecule has 0 aliphatic carbocycles. The standard InChI is InChI=1S/C3H6.Pd/c1-3-2;/h1-3H2;/q-2;+2. The van der Waals surface area contributed by atoms with E-state index in [4.69, 9.17) is 0 Å². The third kappa shape index (κ3) is 16.8. The largest absolute Gasteiger partial charge is 2.00 e. The molecule has 0 amide bonds. The molecular weight excluding hydrogens is 142 g/mol. The molecule has 0 fully saturated rings. The molecule has 0 unspecified atom stereocenters. The summed E-state index contributed by atoms with van der Waals surface area (Å²) in [4.78, 5) is 0. The maximum absolute atomic E-state index is 3.38. The number of rotatable bonds is 0. The first kappa shape index (κ1) is 8.82. The van der Waals surface area contributed by atoms with Crippen LogP contribution in [0.5, 0.6) is 0 Å². The van der Waals surface area contributed by atoms with Crippen molar-refractivity contribution in [3.8, 4) is 0 Å². The minimum Gasteiger partial charge on any atom is -0.372 e. The molecule has 0 aliphatic rings. The fourth-order valence-electron chi connectivity index (χ4n) is 0. The Kier molecular flexibility index (Phi) is 20.7. The van der Waals surface area contributed by atoms with Gasteiger partial charge in [0.15, 0.2) is 0 Å². The van der Waals surface area contributed by atoms with Gasteiger partial charge in [0.2, 0.25) is 0 Å². The van der Waals surface area contributed by atoms with Gasteiger partial charge in [0.05, 0.1) is 0 Å². The Bertz CT molecular complexity index is 3.25. The van der Waals surface area contributed by atoms with Crippen LogP contribution in [0, 0.1) is 13.8 Å². The first-order valence-electron chi connectivity index (χ1n) is 1.000. The Labute approximate surface area is 41.2 Å². The SMILES string of the molecule is [CH2-]C[CH2-].[Pd+2]. The summed E-state index contributed by atoms with van der Waals surface area (Å²) in [5.41, 5.74) is 0. The van der Waals surface area contributed by atoms with Gasteiger partial charge in [-0.25, -0.2) is 0 Å². The number of hydrogen-bond donors (Lipinski definition) is 0. The Morgan fingerprint density at radius 1 is 1.25 bits per heavy atom. The molecule has 0 bridgehead atoms. The van der Waals surface area contributed by atoms with Crippen LogP contribution in [0.4, 0.5) is 0 Å². The van der Waals surface area contributed by atoms with Crippen LogP contribution in [-0.2, 0) is 20.4 Å². The van der Waals surface area contributed by atoms with E-state index in [1.165, 1.54) is 0 Å². The van der Waals surface area contributed by atoms with E-state index in [9.17, 15) is 0 Å². The summed E-state index contributed by atoms with van der Waals surface area (Å²) in [5.74, 6) is 0. The van der Waals surface area contributed by atoms with Crippen LogP contribution in [0.3, 0.4) is 0 Å². The molecule has 0 aliphatic heterocycles. The molecule has 0 spiro atoms. The molecule has 0 aromatic carbocycles. The van der Waals surface area contributed by atoms with Crippen molar-refractivity contribution >= 4 is 0 Å². The molecule has 0 nitrogen and oxygen atoms in total. The van der Waals surface area contributed by atoms with E-state index in [-0.39, 0.29) is 20.4 Å². The summed E-state index contributed by atoms with van der Waals surface area (Å²) < 4.78 is 0. The topological polar surface area (TPSA) is 0 Å². The molecule has 4 heavy (non-hydrogen) atoms. The molecular formula is C3H6Pd. The van der Waals surface area contributed by atoms with Crippen molar-refractivity contribution in [2.24, 2.45) is 0 Å². The zero-order valence-electron chi connectivity index (χ0n) is 2.44. The second-order valence-corrected chi connectivity index (χ2v) is 0.354. The van der Waals surface area contributed by atoms with E-state index in [1.807, 2.05) is 0 Å². The molecule has 0 N–H and O–H groups in total. The van der Waals surface area contributed by atoms with Crippen LogP contribution in [0.15, 0.2) is 0 Å². The predicted molar refractivity (Wildman–Crippen MR) is 15.3 cm³/mol. The third-order valence-electron chi connectivity index (χ3n) is 0. The van der Waals surface area contributed by atoms with Crippen LogP contribution in [0.1, 0.15) is 6.42 Å². The first-order valence-corrected chi connectivity index (χ1v) is 1.000. The van der Waals surface area contributed by atoms with Crippen molar-refractivity contribution in [1.82, 2.24) is 0 Å². The molecule has 0 aromatic heterocycles. The molecule has 0 saturated heterocycles. The summed E-state index contributed by atoms with van der Waals surface area (Å²) in [6, 6.07) is 0. The molecule has 28 valence electrons. The van der Waals surface area contributed by atoms with E-state index in [1.54, 1.807) is 0 Å². The zero-order chi connectivity index (χ0) is 2.71. The van der Waals surface area contributed by atoms with Gasteiger partial charge in [-0.1, -0.05) is 0 Å². The summed E-state index contributed by atoms with van der Waals surface area (Å²) in [5, 5.41) is 0. The van der Waals surface area contributed by atoms with Crippen molar-refractivity contribution in [1.29, 1.82) is 0 Å². The Morgan fingerprint density at radius 2 is 1.25 bits per heavy atom. The van der Waals surface area contributed by atoms with E-state index in [2.05, 4.69) is 13.8 Å². The summed E-state index contributed by atoms with van der Waals surface area (Å²) in [6.07, 6.45) is 0.750. The van der Waals surface area contributed by atoms with Crippen molar-refractivity contribution in [2.75, 3.05) is 0 Å². The Morgan fingerprint density at radius 3 is 1.25 bits per heavy atom. The van der Waals surface area contributed by atoms with Gasteiger partial charge in [-0.2, -0.15) is 0 Å². The summed E-state index contributed by atoms with van der Waals surface area (Å²) >= 11 is 0. The van der Waals surface area contributed by atoms with Crippen molar-refractivity contribution < 1.29 is 20.4 Å². The molecule has 0 saturated carbocycles. The Balaban J connectivity index is 0. The van der Waals surface area contributed by atoms with Gasteiger partial charge in [0.25, 0.3) is 0 Å². The van der Waals surface area contributed by atoms with Crippen LogP contribution in [0.25, 0.3) is 0 Å². The van der Waals surface area contributed by atoms with E-state index in [0.29, 0.717) is 0 Å². The van der Waals surface area contributed by atoms with Crippen molar-refractivity contribution in [3.63, 3.8) is 0 Å². The first-order chi connectivity index (χ1) is 1.41. The average Bonchev–Trinajstić information content (AvgIpc) is 0.918. The van der Waals surface area contributed by atoms with E-state index in [0.717, 1.165) is 6.42 Å². The smallest absolute Gasteiger partial charge is 0.372 e. The molecule has 0 atom stereocenters. The van der Waals surface area contributed by atoms with Crippen LogP contribution in [-0.4, -0.2) is 0 Å². The monoisotopic (exact) mass is 148 g/mol. The van der Waals surface area contributed by atoms with Gasteiger partial charge in [-0.05, 0) is 0 Å². The zero-order valence-corrected chi connectivity index (χ0v) is 3.99. The maximum Gasteiger partial charge on any atom is 2.00 e. The molecule has 1 heteroatoms. The van der Waals surface area contributed by atoms with Gasteiger partial charge >= 0.3 is 20.4 Å². The predicted octanol–water partition coefficient (Wildman–Crippen LogP) is 1.04. The van der Waals surface area contributed by atoms with Crippen molar-refractivity contribution in [2.45, 2.75) is 6.42 Å². The average molecular weight is 149 g/mol. The third-order valence-corrected chi connectivity index (χ3v) is 0. The minimum atomic E-state index is 0. The molecule has 0 heterocycles. The summed E-state index contributed by atoms with van der Waals surface area (Å²) in [7, 11) is 0. The van der Waals surface area contributed by atoms with E-state index < -0.39 is 0 Å². The fraction of sp³-hybridized carbons (Fsp3) is 0.333. The maximum atomic E-state index is 3.38. The van der Waals surface area contributed by atoms with Gasteiger partial charge in [0.1, 0.15) is 0 Å². The van der Waals surface area contributed by atoms with Gasteiger partial charge < -0.3 is 20.3 Å². The van der Waals surface area contributed by atoms with Gasteiger partial charge in [-0.3, -0.25) is 0 Å². The van der Waals surface area contributed by atoms with Crippen LogP contribution < -0.4 is 0 Å². The quantitative estimate of drug-likeness (QED) is 0.356. The van der Waals surface area contributed by atoms with E-state index >= 15 is 0 Å². The fourth-order valence-corrected chi connectivity index (χ4v) is 0. The second kappa shape index (κ2) is 9.39. The molecule has 0 rings (SSSR count). The normalized spacial score (nSPS) is 4.50. The number of hydrogen-bond acceptors (Lipinski definition) is 0. The Hall–Kier alpha value is 0.662. The van der Waals surface area contributed by atoms with Crippen LogP contribution >= 0.6 is 0 Å². The summed E-state index contributed by atoms with van der Waals surface area (Å²) in [6.45, 7) is 6.75. The van der Waals surface area contributed by atoms with Gasteiger partial charge in [-0.15, -0.1) is 0 Å². The molecule has 0 aromatic rings.